The Bertz CT molecular complexity index is 909. The van der Waals surface area contributed by atoms with Crippen LogP contribution >= 0.6 is 0 Å². The Balaban J connectivity index is 1.65. The number of nitrogens with zero attached hydrogens (tertiary/aromatic N) is 1. The molecule has 0 fully saturated rings. The van der Waals surface area contributed by atoms with E-state index in [1.54, 1.807) is 30.2 Å². The molecule has 28 heavy (non-hydrogen) atoms. The summed E-state index contributed by atoms with van der Waals surface area (Å²) in [5.74, 6) is -0.385. The van der Waals surface area contributed by atoms with Crippen molar-refractivity contribution in [1.29, 1.82) is 0 Å². The summed E-state index contributed by atoms with van der Waals surface area (Å²) >= 11 is 0. The van der Waals surface area contributed by atoms with Crippen molar-refractivity contribution in [1.82, 2.24) is 0 Å². The molecule has 0 atom stereocenters. The van der Waals surface area contributed by atoms with Gasteiger partial charge in [0, 0.05) is 24.8 Å². The Morgan fingerprint density at radius 2 is 1.96 bits per heavy atom. The number of methoxy groups -OCH3 is 1. The summed E-state index contributed by atoms with van der Waals surface area (Å²) in [5.41, 5.74) is 2.61. The fourth-order valence-corrected chi connectivity index (χ4v) is 3.18. The number of fused-ring (bicyclic) bond motifs is 1. The number of nitrogens with one attached hydrogen (secondary N) is 1. The summed E-state index contributed by atoms with van der Waals surface area (Å²) < 4.78 is 10.4. The zero-order valence-electron chi connectivity index (χ0n) is 15.9. The Labute approximate surface area is 163 Å². The van der Waals surface area contributed by atoms with Crippen LogP contribution < -0.4 is 15.0 Å². The van der Waals surface area contributed by atoms with Crippen molar-refractivity contribution in [3.05, 3.63) is 53.6 Å². The van der Waals surface area contributed by atoms with Crippen LogP contribution in [0.2, 0.25) is 0 Å². The van der Waals surface area contributed by atoms with E-state index in [-0.39, 0.29) is 24.0 Å². The molecule has 2 amide bonds. The number of aryl methyl sites for hydroxylation is 1. The van der Waals surface area contributed by atoms with Crippen LogP contribution in [0.15, 0.2) is 42.5 Å². The van der Waals surface area contributed by atoms with Gasteiger partial charge >= 0.3 is 5.97 Å². The van der Waals surface area contributed by atoms with Crippen LogP contribution in [0.25, 0.3) is 0 Å². The minimum absolute atomic E-state index is 0.235. The number of esters is 1. The molecule has 0 aromatic heterocycles. The maximum Gasteiger partial charge on any atom is 0.338 e. The predicted molar refractivity (Wildman–Crippen MR) is 105 cm³/mol. The summed E-state index contributed by atoms with van der Waals surface area (Å²) in [6.45, 7) is 1.61. The molecule has 0 saturated heterocycles. The summed E-state index contributed by atoms with van der Waals surface area (Å²) in [4.78, 5) is 37.7. The van der Waals surface area contributed by atoms with Gasteiger partial charge in [-0.05, 0) is 54.8 Å². The van der Waals surface area contributed by atoms with E-state index in [4.69, 9.17) is 9.47 Å². The smallest absolute Gasteiger partial charge is 0.338 e. The number of hydrogen-bond acceptors (Lipinski definition) is 5. The summed E-state index contributed by atoms with van der Waals surface area (Å²) in [6.07, 6.45) is 1.70. The van der Waals surface area contributed by atoms with Gasteiger partial charge in [-0.1, -0.05) is 6.07 Å². The minimum Gasteiger partial charge on any atom is -0.497 e. The van der Waals surface area contributed by atoms with Gasteiger partial charge in [-0.3, -0.25) is 9.59 Å². The molecule has 3 rings (SSSR count). The second kappa shape index (κ2) is 8.56. The summed E-state index contributed by atoms with van der Waals surface area (Å²) in [7, 11) is 1.61. The number of hydrogen-bond donors (Lipinski definition) is 1. The average Bonchev–Trinajstić information content (AvgIpc) is 2.70. The van der Waals surface area contributed by atoms with E-state index < -0.39 is 5.97 Å². The normalized spacial score (nSPS) is 12.7. The molecular weight excluding hydrogens is 360 g/mol. The third-order valence-electron chi connectivity index (χ3n) is 4.45. The van der Waals surface area contributed by atoms with Crippen LogP contribution in [0.5, 0.6) is 5.75 Å². The van der Waals surface area contributed by atoms with Crippen molar-refractivity contribution < 1.29 is 23.9 Å². The second-order valence-electron chi connectivity index (χ2n) is 6.48. The van der Waals surface area contributed by atoms with E-state index in [2.05, 4.69) is 5.32 Å². The summed E-state index contributed by atoms with van der Waals surface area (Å²) in [6, 6.07) is 12.0. The molecule has 0 bridgehead atoms. The molecular formula is C21H22N2O5. The van der Waals surface area contributed by atoms with Gasteiger partial charge in [-0.25, -0.2) is 4.79 Å². The topological polar surface area (TPSA) is 84.9 Å². The molecule has 0 spiro atoms. The number of ether oxygens (including phenoxy) is 2. The zero-order chi connectivity index (χ0) is 20.1. The number of anilines is 2. The molecule has 7 nitrogen and oxygen atoms in total. The highest BCUT2D eigenvalue weighted by Crippen LogP contribution is 2.30. The molecule has 1 heterocycles. The molecule has 1 aliphatic heterocycles. The van der Waals surface area contributed by atoms with Gasteiger partial charge in [0.2, 0.25) is 5.91 Å². The Morgan fingerprint density at radius 1 is 1.14 bits per heavy atom. The van der Waals surface area contributed by atoms with Crippen molar-refractivity contribution in [2.75, 3.05) is 30.5 Å². The molecule has 2 aromatic carbocycles. The van der Waals surface area contributed by atoms with Gasteiger partial charge in [-0.15, -0.1) is 0 Å². The third kappa shape index (κ3) is 4.49. The van der Waals surface area contributed by atoms with Gasteiger partial charge in [0.1, 0.15) is 5.75 Å². The molecule has 1 N–H and O–H groups in total. The quantitative estimate of drug-likeness (QED) is 0.804. The first-order valence-corrected chi connectivity index (χ1v) is 9.00. The Kier molecular flexibility index (Phi) is 5.93. The lowest BCUT2D eigenvalue weighted by atomic mass is 10.0. The first-order valence-electron chi connectivity index (χ1n) is 9.00. The molecule has 146 valence electrons. The highest BCUT2D eigenvalue weighted by molar-refractivity contribution is 5.98. The molecule has 0 aliphatic carbocycles. The van der Waals surface area contributed by atoms with Crippen molar-refractivity contribution >= 4 is 29.2 Å². The number of rotatable bonds is 5. The van der Waals surface area contributed by atoms with Crippen LogP contribution in [0.4, 0.5) is 11.4 Å². The number of carbonyl (C=O) groups excluding carboxylic acids is 3. The van der Waals surface area contributed by atoms with Crippen LogP contribution in [-0.2, 0) is 20.7 Å². The standard InChI is InChI=1S/C21H22N2O5/c1-14(24)22-17-7-3-5-16(11-17)21(26)28-13-20(25)23-10-4-6-15-12-18(27-2)8-9-19(15)23/h3,5,7-9,11-12H,4,6,10,13H2,1-2H3,(H,22,24). The lowest BCUT2D eigenvalue weighted by Gasteiger charge is -2.29. The molecule has 0 unspecified atom stereocenters. The predicted octanol–water partition coefficient (Wildman–Crippen LogP) is 2.79. The first kappa shape index (κ1) is 19.4. The van der Waals surface area contributed by atoms with E-state index in [1.165, 1.54) is 13.0 Å². The molecule has 1 aliphatic rings. The fraction of sp³-hybridized carbons (Fsp3) is 0.286. The molecule has 0 radical (unpaired) electrons. The number of carbonyl (C=O) groups is 3. The van der Waals surface area contributed by atoms with Crippen LogP contribution in [0, 0.1) is 0 Å². The lowest BCUT2D eigenvalue weighted by Crippen LogP contribution is -2.38. The van der Waals surface area contributed by atoms with E-state index in [0.717, 1.165) is 29.8 Å². The highest BCUT2D eigenvalue weighted by atomic mass is 16.5. The Hall–Kier alpha value is -3.35. The van der Waals surface area contributed by atoms with E-state index in [0.29, 0.717) is 12.2 Å². The van der Waals surface area contributed by atoms with Gasteiger partial charge in [0.05, 0.1) is 12.7 Å². The highest BCUT2D eigenvalue weighted by Gasteiger charge is 2.24. The van der Waals surface area contributed by atoms with Crippen molar-refractivity contribution in [3.63, 3.8) is 0 Å². The van der Waals surface area contributed by atoms with Crippen molar-refractivity contribution in [2.45, 2.75) is 19.8 Å². The maximum absolute atomic E-state index is 12.6. The van der Waals surface area contributed by atoms with Gasteiger partial charge in [0.15, 0.2) is 6.61 Å². The first-order chi connectivity index (χ1) is 13.5. The zero-order valence-corrected chi connectivity index (χ0v) is 15.9. The van der Waals surface area contributed by atoms with Gasteiger partial charge < -0.3 is 19.7 Å². The molecule has 7 heteroatoms. The van der Waals surface area contributed by atoms with Crippen molar-refractivity contribution in [3.8, 4) is 5.75 Å². The van der Waals surface area contributed by atoms with Crippen molar-refractivity contribution in [2.24, 2.45) is 0 Å². The van der Waals surface area contributed by atoms with Crippen LogP contribution in [-0.4, -0.2) is 38.0 Å². The summed E-state index contributed by atoms with van der Waals surface area (Å²) in [5, 5.41) is 2.60. The largest absolute Gasteiger partial charge is 0.497 e. The number of amides is 2. The molecule has 2 aromatic rings. The number of benzene rings is 2. The average molecular weight is 382 g/mol. The van der Waals surface area contributed by atoms with E-state index in [9.17, 15) is 14.4 Å². The van der Waals surface area contributed by atoms with Gasteiger partial charge in [0.25, 0.3) is 5.91 Å². The SMILES string of the molecule is COc1ccc2c(c1)CCCN2C(=O)COC(=O)c1cccc(NC(C)=O)c1. The van der Waals surface area contributed by atoms with Gasteiger partial charge in [-0.2, -0.15) is 0 Å². The fourth-order valence-electron chi connectivity index (χ4n) is 3.18. The lowest BCUT2D eigenvalue weighted by molar-refractivity contribution is -0.121. The maximum atomic E-state index is 12.6. The van der Waals surface area contributed by atoms with E-state index in [1.807, 2.05) is 18.2 Å². The second-order valence-corrected chi connectivity index (χ2v) is 6.48. The molecule has 0 saturated carbocycles. The Morgan fingerprint density at radius 3 is 2.71 bits per heavy atom. The van der Waals surface area contributed by atoms with Crippen LogP contribution in [0.3, 0.4) is 0 Å². The van der Waals surface area contributed by atoms with E-state index >= 15 is 0 Å². The minimum atomic E-state index is -0.618. The third-order valence-corrected chi connectivity index (χ3v) is 4.45. The van der Waals surface area contributed by atoms with Crippen LogP contribution in [0.1, 0.15) is 29.3 Å². The monoisotopic (exact) mass is 382 g/mol.